The fourth-order valence-corrected chi connectivity index (χ4v) is 3.93. The average Bonchev–Trinajstić information content (AvgIpc) is 2.99. The lowest BCUT2D eigenvalue weighted by Crippen LogP contribution is -2.48. The van der Waals surface area contributed by atoms with Crippen LogP contribution in [-0.2, 0) is 9.53 Å². The third-order valence-corrected chi connectivity index (χ3v) is 5.09. The van der Waals surface area contributed by atoms with Crippen molar-refractivity contribution in [1.29, 1.82) is 0 Å². The van der Waals surface area contributed by atoms with E-state index in [0.29, 0.717) is 24.0 Å². The van der Waals surface area contributed by atoms with Crippen molar-refractivity contribution in [3.05, 3.63) is 29.3 Å². The molecule has 0 aliphatic carbocycles. The number of tetrazole rings is 1. The van der Waals surface area contributed by atoms with Gasteiger partial charge in [0.1, 0.15) is 0 Å². The van der Waals surface area contributed by atoms with E-state index in [1.165, 1.54) is 11.8 Å². The van der Waals surface area contributed by atoms with Crippen LogP contribution < -0.4 is 0 Å². The first kappa shape index (κ1) is 17.9. The van der Waals surface area contributed by atoms with E-state index in [-0.39, 0.29) is 18.1 Å². The standard InChI is InChI=1S/C17H23N5O2S/c1-11-6-5-7-12(2)16(11)22-17(18-19-20-22)25-10-15(23)21-8-13(3)24-14(4)9-21/h5-7,13-14H,8-10H2,1-4H3. The Hall–Kier alpha value is -1.93. The number of aromatic nitrogens is 4. The minimum Gasteiger partial charge on any atom is -0.372 e. The molecule has 1 saturated heterocycles. The second kappa shape index (κ2) is 7.53. The molecular formula is C17H23N5O2S. The van der Waals surface area contributed by atoms with Crippen molar-refractivity contribution in [3.8, 4) is 5.69 Å². The van der Waals surface area contributed by atoms with Crippen LogP contribution >= 0.6 is 11.8 Å². The highest BCUT2D eigenvalue weighted by Crippen LogP contribution is 2.24. The van der Waals surface area contributed by atoms with Crippen molar-refractivity contribution < 1.29 is 9.53 Å². The van der Waals surface area contributed by atoms with Gasteiger partial charge in [-0.3, -0.25) is 4.79 Å². The van der Waals surface area contributed by atoms with Gasteiger partial charge in [-0.25, -0.2) is 0 Å². The number of benzene rings is 1. The molecule has 134 valence electrons. The average molecular weight is 361 g/mol. The maximum atomic E-state index is 12.5. The molecule has 1 aliphatic rings. The maximum Gasteiger partial charge on any atom is 0.233 e. The summed E-state index contributed by atoms with van der Waals surface area (Å²) in [6, 6.07) is 6.07. The summed E-state index contributed by atoms with van der Waals surface area (Å²) in [6.07, 6.45) is 0.135. The molecule has 0 bridgehead atoms. The Morgan fingerprint density at radius 1 is 1.24 bits per heavy atom. The number of rotatable bonds is 4. The monoisotopic (exact) mass is 361 g/mol. The molecule has 2 heterocycles. The minimum atomic E-state index is 0.0673. The predicted molar refractivity (Wildman–Crippen MR) is 95.9 cm³/mol. The Morgan fingerprint density at radius 2 is 1.88 bits per heavy atom. The number of hydrogen-bond donors (Lipinski definition) is 0. The van der Waals surface area contributed by atoms with Crippen LogP contribution in [0.4, 0.5) is 0 Å². The van der Waals surface area contributed by atoms with Crippen molar-refractivity contribution in [1.82, 2.24) is 25.1 Å². The number of para-hydroxylation sites is 1. The van der Waals surface area contributed by atoms with Crippen LogP contribution in [0.3, 0.4) is 0 Å². The van der Waals surface area contributed by atoms with E-state index in [0.717, 1.165) is 16.8 Å². The molecule has 1 aromatic carbocycles. The molecule has 2 unspecified atom stereocenters. The van der Waals surface area contributed by atoms with Gasteiger partial charge in [-0.2, -0.15) is 4.68 Å². The lowest BCUT2D eigenvalue weighted by molar-refractivity contribution is -0.140. The third-order valence-electron chi connectivity index (χ3n) is 4.19. The quantitative estimate of drug-likeness (QED) is 0.776. The summed E-state index contributed by atoms with van der Waals surface area (Å²) in [6.45, 7) is 9.30. The zero-order valence-electron chi connectivity index (χ0n) is 15.0. The van der Waals surface area contributed by atoms with Crippen molar-refractivity contribution in [2.24, 2.45) is 0 Å². The van der Waals surface area contributed by atoms with Crippen molar-refractivity contribution in [2.45, 2.75) is 45.1 Å². The number of hydrogen-bond acceptors (Lipinski definition) is 6. The largest absolute Gasteiger partial charge is 0.372 e. The Kier molecular flexibility index (Phi) is 5.39. The molecule has 2 aromatic rings. The van der Waals surface area contributed by atoms with Crippen LogP contribution in [0.25, 0.3) is 5.69 Å². The Balaban J connectivity index is 1.71. The molecule has 0 spiro atoms. The third kappa shape index (κ3) is 4.01. The van der Waals surface area contributed by atoms with Gasteiger partial charge in [0, 0.05) is 13.1 Å². The molecule has 2 atom stereocenters. The highest BCUT2D eigenvalue weighted by Gasteiger charge is 2.26. The number of nitrogens with zero attached hydrogens (tertiary/aromatic N) is 5. The van der Waals surface area contributed by atoms with E-state index >= 15 is 0 Å². The van der Waals surface area contributed by atoms with E-state index < -0.39 is 0 Å². The first-order valence-electron chi connectivity index (χ1n) is 8.36. The zero-order valence-corrected chi connectivity index (χ0v) is 15.8. The molecule has 1 aliphatic heterocycles. The minimum absolute atomic E-state index is 0.0673. The summed E-state index contributed by atoms with van der Waals surface area (Å²) in [5, 5.41) is 12.6. The molecule has 0 saturated carbocycles. The van der Waals surface area contributed by atoms with Crippen molar-refractivity contribution in [3.63, 3.8) is 0 Å². The fraction of sp³-hybridized carbons (Fsp3) is 0.529. The second-order valence-corrected chi connectivity index (χ2v) is 7.40. The lowest BCUT2D eigenvalue weighted by atomic mass is 10.1. The van der Waals surface area contributed by atoms with Crippen LogP contribution in [0, 0.1) is 13.8 Å². The summed E-state index contributed by atoms with van der Waals surface area (Å²) in [5.74, 6) is 0.396. The van der Waals surface area contributed by atoms with E-state index in [1.807, 2.05) is 50.8 Å². The van der Waals surface area contributed by atoms with Crippen LogP contribution in [0.2, 0.25) is 0 Å². The SMILES string of the molecule is Cc1cccc(C)c1-n1nnnc1SCC(=O)N1CC(C)OC(C)C1. The van der Waals surface area contributed by atoms with Crippen LogP contribution in [0.1, 0.15) is 25.0 Å². The molecule has 0 radical (unpaired) electrons. The van der Waals surface area contributed by atoms with Crippen LogP contribution in [-0.4, -0.2) is 62.1 Å². The molecule has 0 N–H and O–H groups in total. The molecule has 25 heavy (non-hydrogen) atoms. The zero-order chi connectivity index (χ0) is 18.0. The molecule has 3 rings (SSSR count). The first-order chi connectivity index (χ1) is 12.0. The number of thioether (sulfide) groups is 1. The van der Waals surface area contributed by atoms with E-state index in [1.54, 1.807) is 4.68 Å². The Bertz CT molecular complexity index is 733. The van der Waals surface area contributed by atoms with Gasteiger partial charge in [-0.05, 0) is 49.2 Å². The second-order valence-electron chi connectivity index (χ2n) is 6.46. The lowest BCUT2D eigenvalue weighted by Gasteiger charge is -2.35. The fourth-order valence-electron chi connectivity index (χ4n) is 3.15. The van der Waals surface area contributed by atoms with Gasteiger partial charge in [-0.15, -0.1) is 5.10 Å². The number of carbonyl (C=O) groups excluding carboxylic acids is 1. The number of ether oxygens (including phenoxy) is 1. The summed E-state index contributed by atoms with van der Waals surface area (Å²) in [5.41, 5.74) is 3.16. The summed E-state index contributed by atoms with van der Waals surface area (Å²) in [4.78, 5) is 14.4. The normalized spacial score (nSPS) is 20.7. The summed E-state index contributed by atoms with van der Waals surface area (Å²) in [7, 11) is 0. The smallest absolute Gasteiger partial charge is 0.233 e. The first-order valence-corrected chi connectivity index (χ1v) is 9.35. The van der Waals surface area contributed by atoms with E-state index in [9.17, 15) is 4.79 Å². The molecule has 1 aromatic heterocycles. The van der Waals surface area contributed by atoms with Crippen molar-refractivity contribution in [2.75, 3.05) is 18.8 Å². The molecule has 1 amide bonds. The highest BCUT2D eigenvalue weighted by atomic mass is 32.2. The van der Waals surface area contributed by atoms with Gasteiger partial charge in [0.25, 0.3) is 0 Å². The highest BCUT2D eigenvalue weighted by molar-refractivity contribution is 7.99. The molecule has 8 heteroatoms. The van der Waals surface area contributed by atoms with Crippen LogP contribution in [0.5, 0.6) is 0 Å². The molecule has 7 nitrogen and oxygen atoms in total. The van der Waals surface area contributed by atoms with Gasteiger partial charge in [-0.1, -0.05) is 30.0 Å². The number of amides is 1. The van der Waals surface area contributed by atoms with Gasteiger partial charge >= 0.3 is 0 Å². The van der Waals surface area contributed by atoms with E-state index in [2.05, 4.69) is 15.5 Å². The maximum absolute atomic E-state index is 12.5. The molecule has 1 fully saturated rings. The molecular weight excluding hydrogens is 338 g/mol. The topological polar surface area (TPSA) is 73.1 Å². The van der Waals surface area contributed by atoms with Crippen molar-refractivity contribution >= 4 is 17.7 Å². The Labute approximate surface area is 151 Å². The number of morpholine rings is 1. The summed E-state index contributed by atoms with van der Waals surface area (Å²) >= 11 is 1.36. The summed E-state index contributed by atoms with van der Waals surface area (Å²) < 4.78 is 7.40. The van der Waals surface area contributed by atoms with Gasteiger partial charge < -0.3 is 9.64 Å². The van der Waals surface area contributed by atoms with E-state index in [4.69, 9.17) is 4.74 Å². The number of aryl methyl sites for hydroxylation is 2. The number of carbonyl (C=O) groups is 1. The van der Waals surface area contributed by atoms with Gasteiger partial charge in [0.2, 0.25) is 11.1 Å². The van der Waals surface area contributed by atoms with Gasteiger partial charge in [0.15, 0.2) is 0 Å². The van der Waals surface area contributed by atoms with Crippen LogP contribution in [0.15, 0.2) is 23.4 Å². The predicted octanol–water partition coefficient (Wildman–Crippen LogP) is 2.01. The Morgan fingerprint density at radius 3 is 2.52 bits per heavy atom. The van der Waals surface area contributed by atoms with Gasteiger partial charge in [0.05, 0.1) is 23.6 Å².